The fourth-order valence-electron chi connectivity index (χ4n) is 2.23. The summed E-state index contributed by atoms with van der Waals surface area (Å²) in [4.78, 5) is 11.2. The molecule has 0 radical (unpaired) electrons. The SMILES string of the molecule is CC(=O)N(O)Cc1ccc(C)cc1-c1cccc(C(F)(F)F)c1. The lowest BCUT2D eigenvalue weighted by molar-refractivity contribution is -0.165. The summed E-state index contributed by atoms with van der Waals surface area (Å²) in [6.45, 7) is 2.93. The minimum atomic E-state index is -4.43. The minimum absolute atomic E-state index is 0.0960. The number of benzene rings is 2. The second-order valence-corrected chi connectivity index (χ2v) is 5.32. The van der Waals surface area contributed by atoms with E-state index in [9.17, 15) is 23.2 Å². The van der Waals surface area contributed by atoms with Gasteiger partial charge in [-0.3, -0.25) is 10.0 Å². The summed E-state index contributed by atoms with van der Waals surface area (Å²) in [6, 6.07) is 10.2. The Bertz CT molecular complexity index is 726. The average molecular weight is 323 g/mol. The quantitative estimate of drug-likeness (QED) is 0.671. The van der Waals surface area contributed by atoms with Gasteiger partial charge in [-0.05, 0) is 35.7 Å². The van der Waals surface area contributed by atoms with Crippen LogP contribution >= 0.6 is 0 Å². The first kappa shape index (κ1) is 17.0. The van der Waals surface area contributed by atoms with Gasteiger partial charge in [-0.1, -0.05) is 35.9 Å². The Labute approximate surface area is 131 Å². The first-order valence-electron chi connectivity index (χ1n) is 6.92. The maximum atomic E-state index is 12.9. The molecule has 0 bridgehead atoms. The predicted molar refractivity (Wildman–Crippen MR) is 79.6 cm³/mol. The number of hydroxylamine groups is 2. The molecule has 122 valence electrons. The molecule has 2 aromatic rings. The van der Waals surface area contributed by atoms with E-state index in [1.807, 2.05) is 6.92 Å². The Morgan fingerprint density at radius 3 is 2.48 bits per heavy atom. The summed E-state index contributed by atoms with van der Waals surface area (Å²) >= 11 is 0. The van der Waals surface area contributed by atoms with Crippen LogP contribution < -0.4 is 0 Å². The van der Waals surface area contributed by atoms with Crippen LogP contribution in [0.5, 0.6) is 0 Å². The van der Waals surface area contributed by atoms with Crippen molar-refractivity contribution >= 4 is 5.91 Å². The molecule has 0 saturated carbocycles. The second kappa shape index (κ2) is 6.42. The van der Waals surface area contributed by atoms with Crippen LogP contribution in [0.2, 0.25) is 0 Å². The average Bonchev–Trinajstić information content (AvgIpc) is 2.48. The number of aryl methyl sites for hydroxylation is 1. The maximum Gasteiger partial charge on any atom is 0.416 e. The largest absolute Gasteiger partial charge is 0.416 e. The molecule has 0 aromatic heterocycles. The van der Waals surface area contributed by atoms with E-state index in [0.29, 0.717) is 21.8 Å². The molecule has 0 atom stereocenters. The molecule has 0 aliphatic heterocycles. The standard InChI is InChI=1S/C17H16F3NO2/c1-11-6-7-14(10-21(23)12(2)22)16(8-11)13-4-3-5-15(9-13)17(18,19)20/h3-9,23H,10H2,1-2H3. The van der Waals surface area contributed by atoms with E-state index in [-0.39, 0.29) is 6.54 Å². The lowest BCUT2D eigenvalue weighted by atomic mass is 9.96. The van der Waals surface area contributed by atoms with Gasteiger partial charge in [0.2, 0.25) is 5.91 Å². The third kappa shape index (κ3) is 4.10. The molecule has 3 nitrogen and oxygen atoms in total. The van der Waals surface area contributed by atoms with Gasteiger partial charge in [0, 0.05) is 6.92 Å². The van der Waals surface area contributed by atoms with Gasteiger partial charge < -0.3 is 0 Å². The molecule has 23 heavy (non-hydrogen) atoms. The van der Waals surface area contributed by atoms with Crippen molar-refractivity contribution in [1.82, 2.24) is 5.06 Å². The summed E-state index contributed by atoms with van der Waals surface area (Å²) in [5.74, 6) is -0.541. The molecule has 0 aliphatic carbocycles. The first-order chi connectivity index (χ1) is 10.7. The summed E-state index contributed by atoms with van der Waals surface area (Å²) in [5.41, 5.74) is 1.63. The van der Waals surface area contributed by atoms with Crippen LogP contribution in [0.4, 0.5) is 13.2 Å². The topological polar surface area (TPSA) is 40.5 Å². The highest BCUT2D eigenvalue weighted by Crippen LogP contribution is 2.33. The third-order valence-electron chi connectivity index (χ3n) is 3.45. The molecule has 0 aliphatic rings. The second-order valence-electron chi connectivity index (χ2n) is 5.32. The number of rotatable bonds is 3. The van der Waals surface area contributed by atoms with E-state index >= 15 is 0 Å². The number of nitrogens with zero attached hydrogens (tertiary/aromatic N) is 1. The van der Waals surface area contributed by atoms with Crippen LogP contribution in [0.15, 0.2) is 42.5 Å². The highest BCUT2D eigenvalue weighted by molar-refractivity contribution is 5.73. The van der Waals surface area contributed by atoms with Crippen LogP contribution in [-0.4, -0.2) is 16.2 Å². The summed E-state index contributed by atoms with van der Waals surface area (Å²) < 4.78 is 38.7. The van der Waals surface area contributed by atoms with Crippen LogP contribution in [0.25, 0.3) is 11.1 Å². The number of hydrogen-bond donors (Lipinski definition) is 1. The van der Waals surface area contributed by atoms with Crippen LogP contribution in [-0.2, 0) is 17.5 Å². The minimum Gasteiger partial charge on any atom is -0.286 e. The number of hydrogen-bond acceptors (Lipinski definition) is 2. The monoisotopic (exact) mass is 323 g/mol. The van der Waals surface area contributed by atoms with Crippen LogP contribution in [0, 0.1) is 6.92 Å². The first-order valence-corrected chi connectivity index (χ1v) is 6.92. The normalized spacial score (nSPS) is 11.4. The highest BCUT2D eigenvalue weighted by Gasteiger charge is 2.30. The van der Waals surface area contributed by atoms with Crippen molar-refractivity contribution in [3.63, 3.8) is 0 Å². The van der Waals surface area contributed by atoms with Gasteiger partial charge in [0.15, 0.2) is 0 Å². The fraction of sp³-hybridized carbons (Fsp3) is 0.235. The molecular formula is C17H16F3NO2. The van der Waals surface area contributed by atoms with Crippen molar-refractivity contribution < 1.29 is 23.2 Å². The highest BCUT2D eigenvalue weighted by atomic mass is 19.4. The van der Waals surface area contributed by atoms with E-state index < -0.39 is 17.6 Å². The summed E-state index contributed by atoms with van der Waals surface area (Å²) in [7, 11) is 0. The van der Waals surface area contributed by atoms with E-state index in [4.69, 9.17) is 0 Å². The zero-order chi connectivity index (χ0) is 17.2. The van der Waals surface area contributed by atoms with E-state index in [0.717, 1.165) is 17.7 Å². The van der Waals surface area contributed by atoms with Crippen molar-refractivity contribution in [2.75, 3.05) is 0 Å². The smallest absolute Gasteiger partial charge is 0.286 e. The molecule has 0 spiro atoms. The van der Waals surface area contributed by atoms with Crippen LogP contribution in [0.1, 0.15) is 23.6 Å². The van der Waals surface area contributed by atoms with E-state index in [2.05, 4.69) is 0 Å². The molecule has 2 aromatic carbocycles. The van der Waals surface area contributed by atoms with Crippen molar-refractivity contribution in [1.29, 1.82) is 0 Å². The van der Waals surface area contributed by atoms with Gasteiger partial charge >= 0.3 is 6.18 Å². The summed E-state index contributed by atoms with van der Waals surface area (Å²) in [6.07, 6.45) is -4.43. The number of carbonyl (C=O) groups is 1. The van der Waals surface area contributed by atoms with Gasteiger partial charge in [0.05, 0.1) is 12.1 Å². The molecule has 1 amide bonds. The number of carbonyl (C=O) groups excluding carboxylic acids is 1. The van der Waals surface area contributed by atoms with Gasteiger partial charge in [-0.25, -0.2) is 5.06 Å². The molecular weight excluding hydrogens is 307 g/mol. The van der Waals surface area contributed by atoms with Gasteiger partial charge in [-0.2, -0.15) is 13.2 Å². The maximum absolute atomic E-state index is 12.9. The van der Waals surface area contributed by atoms with Crippen molar-refractivity contribution in [3.8, 4) is 11.1 Å². The molecule has 0 saturated heterocycles. The van der Waals surface area contributed by atoms with Gasteiger partial charge in [-0.15, -0.1) is 0 Å². The van der Waals surface area contributed by atoms with E-state index in [1.54, 1.807) is 24.3 Å². The Balaban J connectivity index is 2.50. The summed E-state index contributed by atoms with van der Waals surface area (Å²) in [5, 5.41) is 10.1. The Hall–Kier alpha value is -2.34. The third-order valence-corrected chi connectivity index (χ3v) is 3.45. The molecule has 2 rings (SSSR count). The predicted octanol–water partition coefficient (Wildman–Crippen LogP) is 4.42. The molecule has 6 heteroatoms. The molecule has 0 heterocycles. The van der Waals surface area contributed by atoms with Gasteiger partial charge in [0.25, 0.3) is 0 Å². The number of alkyl halides is 3. The number of halogens is 3. The Morgan fingerprint density at radius 1 is 1.17 bits per heavy atom. The van der Waals surface area contributed by atoms with Crippen molar-refractivity contribution in [3.05, 3.63) is 59.2 Å². The lowest BCUT2D eigenvalue weighted by Crippen LogP contribution is -2.24. The fourth-order valence-corrected chi connectivity index (χ4v) is 2.23. The molecule has 0 fully saturated rings. The van der Waals surface area contributed by atoms with Crippen molar-refractivity contribution in [2.24, 2.45) is 0 Å². The zero-order valence-corrected chi connectivity index (χ0v) is 12.7. The van der Waals surface area contributed by atoms with E-state index in [1.165, 1.54) is 13.0 Å². The molecule has 0 unspecified atom stereocenters. The Morgan fingerprint density at radius 2 is 1.87 bits per heavy atom. The van der Waals surface area contributed by atoms with Gasteiger partial charge in [0.1, 0.15) is 0 Å². The Kier molecular flexibility index (Phi) is 4.75. The zero-order valence-electron chi connectivity index (χ0n) is 12.7. The lowest BCUT2D eigenvalue weighted by Gasteiger charge is -2.17. The van der Waals surface area contributed by atoms with Crippen molar-refractivity contribution in [2.45, 2.75) is 26.6 Å². The molecule has 1 N–H and O–H groups in total. The van der Waals surface area contributed by atoms with Crippen LogP contribution in [0.3, 0.4) is 0 Å². The number of amides is 1.